The highest BCUT2D eigenvalue weighted by atomic mass is 19.4. The fourth-order valence-electron chi connectivity index (χ4n) is 1.92. The number of halogens is 3. The first-order chi connectivity index (χ1) is 8.34. The zero-order valence-electron chi connectivity index (χ0n) is 10.1. The average Bonchev–Trinajstić information content (AvgIpc) is 2.31. The van der Waals surface area contributed by atoms with E-state index < -0.39 is 11.7 Å². The summed E-state index contributed by atoms with van der Waals surface area (Å²) in [5, 5.41) is 2.91. The average molecular weight is 254 g/mol. The minimum Gasteiger partial charge on any atom is -0.388 e. The summed E-state index contributed by atoms with van der Waals surface area (Å²) < 4.78 is 38.9. The molecule has 1 aromatic carbocycles. The molecule has 0 saturated heterocycles. The van der Waals surface area contributed by atoms with Crippen LogP contribution < -0.4 is 10.2 Å². The highest BCUT2D eigenvalue weighted by Gasteiger charge is 2.38. The van der Waals surface area contributed by atoms with Crippen molar-refractivity contribution in [3.63, 3.8) is 0 Å². The molecule has 0 saturated carbocycles. The van der Waals surface area contributed by atoms with Crippen molar-refractivity contribution in [1.82, 2.24) is 0 Å². The largest absolute Gasteiger partial charge is 0.417 e. The maximum Gasteiger partial charge on any atom is 0.417 e. The molecule has 0 unspecified atom stereocenters. The Hall–Kier alpha value is -1.91. The van der Waals surface area contributed by atoms with Crippen LogP contribution in [0.25, 0.3) is 5.57 Å². The maximum atomic E-state index is 13.0. The van der Waals surface area contributed by atoms with Gasteiger partial charge in [-0.25, -0.2) is 0 Å². The van der Waals surface area contributed by atoms with Gasteiger partial charge < -0.3 is 10.2 Å². The first-order valence-electron chi connectivity index (χ1n) is 5.38. The SMILES string of the molecule is C=C1C=C(C(F)(F)F)c2ccc(NC)cc2N1C. The molecule has 2 nitrogen and oxygen atoms in total. The second kappa shape index (κ2) is 4.08. The second-order valence-electron chi connectivity index (χ2n) is 4.09. The number of anilines is 2. The Balaban J connectivity index is 2.63. The second-order valence-corrected chi connectivity index (χ2v) is 4.09. The quantitative estimate of drug-likeness (QED) is 0.823. The standard InChI is InChI=1S/C13H13F3N2/c1-8-6-11(13(14,15)16)10-5-4-9(17-2)7-12(10)18(8)3/h4-7,17H,1H2,2-3H3. The fraction of sp³-hybridized carbons (Fsp3) is 0.231. The van der Waals surface area contributed by atoms with E-state index in [-0.39, 0.29) is 5.56 Å². The molecule has 0 amide bonds. The van der Waals surface area contributed by atoms with E-state index in [0.29, 0.717) is 11.4 Å². The lowest BCUT2D eigenvalue weighted by Crippen LogP contribution is -2.24. The van der Waals surface area contributed by atoms with E-state index in [1.165, 1.54) is 6.07 Å². The molecule has 0 aliphatic carbocycles. The van der Waals surface area contributed by atoms with Crippen molar-refractivity contribution in [1.29, 1.82) is 0 Å². The summed E-state index contributed by atoms with van der Waals surface area (Å²) in [7, 11) is 3.42. The number of fused-ring (bicyclic) bond motifs is 1. The summed E-state index contributed by atoms with van der Waals surface area (Å²) in [5.74, 6) is 0. The van der Waals surface area contributed by atoms with Crippen molar-refractivity contribution >= 4 is 16.9 Å². The summed E-state index contributed by atoms with van der Waals surface area (Å²) in [5.41, 5.74) is 1.11. The Morgan fingerprint density at radius 1 is 1.28 bits per heavy atom. The Labute approximate surface area is 103 Å². The van der Waals surface area contributed by atoms with Crippen LogP contribution in [0.2, 0.25) is 0 Å². The molecule has 0 spiro atoms. The minimum absolute atomic E-state index is 0.177. The van der Waals surface area contributed by atoms with Gasteiger partial charge in [0.15, 0.2) is 0 Å². The van der Waals surface area contributed by atoms with Crippen LogP contribution in [0, 0.1) is 0 Å². The molecule has 0 aromatic heterocycles. The molecule has 0 radical (unpaired) electrons. The number of benzene rings is 1. The fourth-order valence-corrected chi connectivity index (χ4v) is 1.92. The molecule has 5 heteroatoms. The van der Waals surface area contributed by atoms with Crippen LogP contribution in [0.4, 0.5) is 24.5 Å². The molecule has 96 valence electrons. The van der Waals surface area contributed by atoms with Gasteiger partial charge in [0, 0.05) is 31.0 Å². The third kappa shape index (κ3) is 1.96. The van der Waals surface area contributed by atoms with E-state index in [2.05, 4.69) is 11.9 Å². The van der Waals surface area contributed by atoms with E-state index in [1.807, 2.05) is 0 Å². The predicted molar refractivity (Wildman–Crippen MR) is 67.6 cm³/mol. The molecule has 1 N–H and O–H groups in total. The lowest BCUT2D eigenvalue weighted by atomic mass is 9.97. The Morgan fingerprint density at radius 3 is 2.50 bits per heavy atom. The summed E-state index contributed by atoms with van der Waals surface area (Å²) >= 11 is 0. The van der Waals surface area contributed by atoms with Gasteiger partial charge in [-0.1, -0.05) is 12.6 Å². The van der Waals surface area contributed by atoms with Crippen molar-refractivity contribution in [2.75, 3.05) is 24.3 Å². The lowest BCUT2D eigenvalue weighted by Gasteiger charge is -2.30. The van der Waals surface area contributed by atoms with Crippen LogP contribution in [0.5, 0.6) is 0 Å². The first kappa shape index (κ1) is 12.5. The molecule has 1 aliphatic heterocycles. The smallest absolute Gasteiger partial charge is 0.388 e. The van der Waals surface area contributed by atoms with Gasteiger partial charge in [0.2, 0.25) is 0 Å². The monoisotopic (exact) mass is 254 g/mol. The van der Waals surface area contributed by atoms with Crippen LogP contribution in [-0.2, 0) is 0 Å². The topological polar surface area (TPSA) is 15.3 Å². The van der Waals surface area contributed by atoms with Crippen LogP contribution in [0.15, 0.2) is 36.6 Å². The van der Waals surface area contributed by atoms with E-state index in [9.17, 15) is 13.2 Å². The van der Waals surface area contributed by atoms with Crippen LogP contribution in [-0.4, -0.2) is 20.3 Å². The van der Waals surface area contributed by atoms with Crippen LogP contribution in [0.3, 0.4) is 0 Å². The minimum atomic E-state index is -4.37. The number of allylic oxidation sites excluding steroid dienone is 2. The van der Waals surface area contributed by atoms with Gasteiger partial charge in [-0.15, -0.1) is 0 Å². The van der Waals surface area contributed by atoms with Crippen molar-refractivity contribution in [3.05, 3.63) is 42.1 Å². The molecule has 0 atom stereocenters. The summed E-state index contributed by atoms with van der Waals surface area (Å²) in [6.07, 6.45) is -3.30. The molecule has 1 aromatic rings. The summed E-state index contributed by atoms with van der Waals surface area (Å²) in [4.78, 5) is 1.64. The van der Waals surface area contributed by atoms with Gasteiger partial charge in [-0.3, -0.25) is 0 Å². The first-order valence-corrected chi connectivity index (χ1v) is 5.38. The molecule has 0 fully saturated rings. The van der Waals surface area contributed by atoms with Gasteiger partial charge in [-0.05, 0) is 18.2 Å². The van der Waals surface area contributed by atoms with Gasteiger partial charge in [0.05, 0.1) is 11.3 Å². The van der Waals surface area contributed by atoms with Crippen molar-refractivity contribution in [3.8, 4) is 0 Å². The Bertz CT molecular complexity index is 530. The lowest BCUT2D eigenvalue weighted by molar-refractivity contribution is -0.0690. The van der Waals surface area contributed by atoms with Gasteiger partial charge in [0.25, 0.3) is 0 Å². The normalized spacial score (nSPS) is 15.3. The Kier molecular flexibility index (Phi) is 2.84. The molecule has 1 aliphatic rings. The van der Waals surface area contributed by atoms with E-state index in [4.69, 9.17) is 0 Å². The highest BCUT2D eigenvalue weighted by Crippen LogP contribution is 2.43. The van der Waals surface area contributed by atoms with Gasteiger partial charge in [-0.2, -0.15) is 13.2 Å². The van der Waals surface area contributed by atoms with Gasteiger partial charge >= 0.3 is 6.18 Å². The summed E-state index contributed by atoms with van der Waals surface area (Å²) in [6.45, 7) is 3.64. The summed E-state index contributed by atoms with van der Waals surface area (Å²) in [6, 6.07) is 4.78. The number of nitrogens with one attached hydrogen (secondary N) is 1. The molecule has 18 heavy (non-hydrogen) atoms. The van der Waals surface area contributed by atoms with E-state index in [1.54, 1.807) is 31.1 Å². The third-order valence-electron chi connectivity index (χ3n) is 2.99. The van der Waals surface area contributed by atoms with E-state index >= 15 is 0 Å². The van der Waals surface area contributed by atoms with E-state index in [0.717, 1.165) is 11.8 Å². The Morgan fingerprint density at radius 2 is 1.94 bits per heavy atom. The molecular weight excluding hydrogens is 241 g/mol. The number of nitrogens with zero attached hydrogens (tertiary/aromatic N) is 1. The molecule has 2 rings (SSSR count). The number of likely N-dealkylation sites (N-methyl/N-ethyl adjacent to an activating group) is 1. The predicted octanol–water partition coefficient (Wildman–Crippen LogP) is 3.64. The molecular formula is C13H13F3N2. The van der Waals surface area contributed by atoms with Crippen LogP contribution in [0.1, 0.15) is 5.56 Å². The van der Waals surface area contributed by atoms with Crippen molar-refractivity contribution in [2.45, 2.75) is 6.18 Å². The van der Waals surface area contributed by atoms with Crippen molar-refractivity contribution in [2.24, 2.45) is 0 Å². The third-order valence-corrected chi connectivity index (χ3v) is 2.99. The van der Waals surface area contributed by atoms with Gasteiger partial charge in [0.1, 0.15) is 0 Å². The number of hydrogen-bond acceptors (Lipinski definition) is 2. The zero-order chi connectivity index (χ0) is 13.5. The number of alkyl halides is 3. The maximum absolute atomic E-state index is 13.0. The molecule has 0 bridgehead atoms. The van der Waals surface area contributed by atoms with Crippen molar-refractivity contribution < 1.29 is 13.2 Å². The highest BCUT2D eigenvalue weighted by molar-refractivity contribution is 5.87. The molecule has 1 heterocycles. The van der Waals surface area contributed by atoms with Crippen LogP contribution >= 0.6 is 0 Å². The number of rotatable bonds is 1. The zero-order valence-corrected chi connectivity index (χ0v) is 10.1. The number of hydrogen-bond donors (Lipinski definition) is 1.